The van der Waals surface area contributed by atoms with E-state index >= 15 is 0 Å². The van der Waals surface area contributed by atoms with Crippen molar-refractivity contribution in [3.8, 4) is 0 Å². The highest BCUT2D eigenvalue weighted by atomic mass is 16.2. The molecule has 0 aromatic heterocycles. The van der Waals surface area contributed by atoms with Crippen molar-refractivity contribution in [3.63, 3.8) is 0 Å². The van der Waals surface area contributed by atoms with E-state index in [2.05, 4.69) is 24.1 Å². The standard InChI is InChI=1S/C20H25N3O/c1-21(2)18-11-9-17(10-12-18)20(24)23-14-13-22(3)15-19(23)16-7-5-4-6-8-16/h4-12,19H,13-15H2,1-3H3. The lowest BCUT2D eigenvalue weighted by atomic mass is 10.0. The number of carbonyl (C=O) groups is 1. The van der Waals surface area contributed by atoms with Crippen molar-refractivity contribution < 1.29 is 4.79 Å². The van der Waals surface area contributed by atoms with E-state index < -0.39 is 0 Å². The quantitative estimate of drug-likeness (QED) is 0.869. The number of piperazine rings is 1. The van der Waals surface area contributed by atoms with Crippen LogP contribution in [0.15, 0.2) is 54.6 Å². The summed E-state index contributed by atoms with van der Waals surface area (Å²) in [4.78, 5) is 19.4. The molecule has 3 rings (SSSR count). The SMILES string of the molecule is CN1CCN(C(=O)c2ccc(N(C)C)cc2)C(c2ccccc2)C1. The van der Waals surface area contributed by atoms with E-state index in [1.807, 2.05) is 66.4 Å². The fourth-order valence-corrected chi connectivity index (χ4v) is 3.19. The maximum atomic E-state index is 13.1. The molecule has 1 atom stereocenters. The number of hydrogen-bond acceptors (Lipinski definition) is 3. The predicted octanol–water partition coefficient (Wildman–Crippen LogP) is 2.88. The minimum Gasteiger partial charge on any atom is -0.378 e. The molecule has 1 fully saturated rings. The van der Waals surface area contributed by atoms with Crippen LogP contribution in [0.1, 0.15) is 22.0 Å². The van der Waals surface area contributed by atoms with Crippen molar-refractivity contribution in [1.82, 2.24) is 9.80 Å². The summed E-state index contributed by atoms with van der Waals surface area (Å²) in [6.45, 7) is 2.53. The van der Waals surface area contributed by atoms with Crippen LogP contribution in [0.5, 0.6) is 0 Å². The first-order valence-electron chi connectivity index (χ1n) is 8.38. The Kier molecular flexibility index (Phi) is 4.86. The lowest BCUT2D eigenvalue weighted by molar-refractivity contribution is 0.0498. The molecule has 2 aromatic rings. The van der Waals surface area contributed by atoms with Crippen LogP contribution >= 0.6 is 0 Å². The zero-order chi connectivity index (χ0) is 17.1. The Hall–Kier alpha value is -2.33. The molecular formula is C20H25N3O. The zero-order valence-electron chi connectivity index (χ0n) is 14.6. The van der Waals surface area contributed by atoms with Crippen LogP contribution in [0, 0.1) is 0 Å². The number of likely N-dealkylation sites (N-methyl/N-ethyl adjacent to an activating group) is 1. The maximum Gasteiger partial charge on any atom is 0.254 e. The number of anilines is 1. The van der Waals surface area contributed by atoms with E-state index in [9.17, 15) is 4.79 Å². The van der Waals surface area contributed by atoms with Gasteiger partial charge in [0.25, 0.3) is 5.91 Å². The predicted molar refractivity (Wildman–Crippen MR) is 98.5 cm³/mol. The summed E-state index contributed by atoms with van der Waals surface area (Å²) in [6.07, 6.45) is 0. The summed E-state index contributed by atoms with van der Waals surface area (Å²) in [5.74, 6) is 0.113. The monoisotopic (exact) mass is 323 g/mol. The third-order valence-electron chi connectivity index (χ3n) is 4.66. The Bertz CT molecular complexity index is 682. The molecular weight excluding hydrogens is 298 g/mol. The summed E-state index contributed by atoms with van der Waals surface area (Å²) in [5, 5.41) is 0. The van der Waals surface area contributed by atoms with E-state index in [0.29, 0.717) is 0 Å². The molecule has 2 aromatic carbocycles. The Morgan fingerprint density at radius 2 is 1.67 bits per heavy atom. The number of hydrogen-bond donors (Lipinski definition) is 0. The van der Waals surface area contributed by atoms with Gasteiger partial charge in [0.15, 0.2) is 0 Å². The van der Waals surface area contributed by atoms with Crippen molar-refractivity contribution >= 4 is 11.6 Å². The average molecular weight is 323 g/mol. The molecule has 4 nitrogen and oxygen atoms in total. The Morgan fingerprint density at radius 3 is 2.29 bits per heavy atom. The molecule has 126 valence electrons. The van der Waals surface area contributed by atoms with E-state index in [1.165, 1.54) is 5.56 Å². The molecule has 24 heavy (non-hydrogen) atoms. The van der Waals surface area contributed by atoms with Gasteiger partial charge in [-0.2, -0.15) is 0 Å². The van der Waals surface area contributed by atoms with Gasteiger partial charge in [0.05, 0.1) is 6.04 Å². The first-order chi connectivity index (χ1) is 11.6. The van der Waals surface area contributed by atoms with Gasteiger partial charge in [0.1, 0.15) is 0 Å². The molecule has 1 heterocycles. The van der Waals surface area contributed by atoms with Gasteiger partial charge in [-0.25, -0.2) is 0 Å². The molecule has 1 aliphatic heterocycles. The van der Waals surface area contributed by atoms with Crippen LogP contribution < -0.4 is 4.90 Å². The molecule has 0 aliphatic carbocycles. The molecule has 1 amide bonds. The molecule has 0 spiro atoms. The number of nitrogens with zero attached hydrogens (tertiary/aromatic N) is 3. The lowest BCUT2D eigenvalue weighted by Crippen LogP contribution is -2.49. The highest BCUT2D eigenvalue weighted by Gasteiger charge is 2.30. The fraction of sp³-hybridized carbons (Fsp3) is 0.350. The number of amides is 1. The summed E-state index contributed by atoms with van der Waals surface area (Å²) < 4.78 is 0. The summed E-state index contributed by atoms with van der Waals surface area (Å²) in [6, 6.07) is 18.3. The van der Waals surface area contributed by atoms with E-state index in [0.717, 1.165) is 30.9 Å². The second-order valence-electron chi connectivity index (χ2n) is 6.63. The first kappa shape index (κ1) is 16.5. The van der Waals surface area contributed by atoms with Gasteiger partial charge >= 0.3 is 0 Å². The molecule has 0 N–H and O–H groups in total. The van der Waals surface area contributed by atoms with Crippen LogP contribution in [0.2, 0.25) is 0 Å². The van der Waals surface area contributed by atoms with Crippen molar-refractivity contribution in [2.24, 2.45) is 0 Å². The number of benzene rings is 2. The summed E-state index contributed by atoms with van der Waals surface area (Å²) in [5.41, 5.74) is 3.05. The highest BCUT2D eigenvalue weighted by Crippen LogP contribution is 2.27. The highest BCUT2D eigenvalue weighted by molar-refractivity contribution is 5.95. The molecule has 0 radical (unpaired) electrons. The maximum absolute atomic E-state index is 13.1. The molecule has 1 saturated heterocycles. The number of rotatable bonds is 3. The van der Waals surface area contributed by atoms with Crippen molar-refractivity contribution in [2.75, 3.05) is 45.7 Å². The molecule has 4 heteroatoms. The van der Waals surface area contributed by atoms with Crippen molar-refractivity contribution in [3.05, 3.63) is 65.7 Å². The summed E-state index contributed by atoms with van der Waals surface area (Å²) in [7, 11) is 6.12. The Balaban J connectivity index is 1.86. The normalized spacial score (nSPS) is 18.5. The van der Waals surface area contributed by atoms with Gasteiger partial charge < -0.3 is 14.7 Å². The van der Waals surface area contributed by atoms with E-state index in [-0.39, 0.29) is 11.9 Å². The van der Waals surface area contributed by atoms with Crippen molar-refractivity contribution in [2.45, 2.75) is 6.04 Å². The van der Waals surface area contributed by atoms with Gasteiger partial charge in [-0.1, -0.05) is 30.3 Å². The van der Waals surface area contributed by atoms with E-state index in [4.69, 9.17) is 0 Å². The van der Waals surface area contributed by atoms with Gasteiger partial charge in [-0.05, 0) is 36.9 Å². The second kappa shape index (κ2) is 7.05. The average Bonchev–Trinajstić information content (AvgIpc) is 2.62. The molecule has 0 saturated carbocycles. The van der Waals surface area contributed by atoms with Crippen LogP contribution in [-0.2, 0) is 0 Å². The minimum atomic E-state index is 0.103. The number of carbonyl (C=O) groups excluding carboxylic acids is 1. The smallest absolute Gasteiger partial charge is 0.254 e. The topological polar surface area (TPSA) is 26.8 Å². The van der Waals surface area contributed by atoms with E-state index in [1.54, 1.807) is 0 Å². The largest absolute Gasteiger partial charge is 0.378 e. The third-order valence-corrected chi connectivity index (χ3v) is 4.66. The minimum absolute atomic E-state index is 0.103. The lowest BCUT2D eigenvalue weighted by Gasteiger charge is -2.40. The van der Waals surface area contributed by atoms with Gasteiger partial charge in [0, 0.05) is 45.0 Å². The van der Waals surface area contributed by atoms with Crippen LogP contribution in [0.25, 0.3) is 0 Å². The molecule has 1 unspecified atom stereocenters. The fourth-order valence-electron chi connectivity index (χ4n) is 3.19. The van der Waals surface area contributed by atoms with Crippen molar-refractivity contribution in [1.29, 1.82) is 0 Å². The zero-order valence-corrected chi connectivity index (χ0v) is 14.6. The third kappa shape index (κ3) is 3.44. The first-order valence-corrected chi connectivity index (χ1v) is 8.38. The van der Waals surface area contributed by atoms with Crippen LogP contribution in [-0.4, -0.2) is 56.5 Å². The molecule has 1 aliphatic rings. The van der Waals surface area contributed by atoms with Crippen LogP contribution in [0.4, 0.5) is 5.69 Å². The van der Waals surface area contributed by atoms with Crippen LogP contribution in [0.3, 0.4) is 0 Å². The Labute approximate surface area is 144 Å². The molecule has 0 bridgehead atoms. The van der Waals surface area contributed by atoms with Gasteiger partial charge in [-0.15, -0.1) is 0 Å². The van der Waals surface area contributed by atoms with Gasteiger partial charge in [0.2, 0.25) is 0 Å². The summed E-state index contributed by atoms with van der Waals surface area (Å²) >= 11 is 0. The Morgan fingerprint density at radius 1 is 1.00 bits per heavy atom. The second-order valence-corrected chi connectivity index (χ2v) is 6.63. The van der Waals surface area contributed by atoms with Gasteiger partial charge in [-0.3, -0.25) is 4.79 Å².